The second kappa shape index (κ2) is 3.71. The third-order valence-corrected chi connectivity index (χ3v) is 2.73. The highest BCUT2D eigenvalue weighted by Crippen LogP contribution is 2.19. The van der Waals surface area contributed by atoms with Crippen molar-refractivity contribution in [3.05, 3.63) is 33.7 Å². The maximum absolute atomic E-state index is 11.6. The van der Waals surface area contributed by atoms with Crippen LogP contribution in [0.2, 0.25) is 0 Å². The van der Waals surface area contributed by atoms with Crippen LogP contribution in [-0.2, 0) is 19.4 Å². The minimum atomic E-state index is 0.0842. The Kier molecular flexibility index (Phi) is 2.41. The van der Waals surface area contributed by atoms with Crippen LogP contribution < -0.4 is 5.56 Å². The van der Waals surface area contributed by atoms with Crippen LogP contribution in [-0.4, -0.2) is 4.57 Å². The van der Waals surface area contributed by atoms with Crippen molar-refractivity contribution in [2.75, 3.05) is 0 Å². The van der Waals surface area contributed by atoms with E-state index in [0.29, 0.717) is 13.0 Å². The molecular weight excluding hydrogens is 174 g/mol. The third-order valence-electron chi connectivity index (χ3n) is 2.73. The van der Waals surface area contributed by atoms with Crippen LogP contribution in [0.1, 0.15) is 24.1 Å². The van der Waals surface area contributed by atoms with Crippen LogP contribution in [0.5, 0.6) is 0 Å². The molecule has 0 fully saturated rings. The van der Waals surface area contributed by atoms with Crippen LogP contribution in [0.25, 0.3) is 0 Å². The average Bonchev–Trinajstić information content (AvgIpc) is 2.64. The molecule has 0 saturated heterocycles. The highest BCUT2D eigenvalue weighted by Gasteiger charge is 2.14. The number of fused-ring (bicyclic) bond motifs is 1. The van der Waals surface area contributed by atoms with E-state index >= 15 is 0 Å². The van der Waals surface area contributed by atoms with Gasteiger partial charge in [0.2, 0.25) is 0 Å². The van der Waals surface area contributed by atoms with Gasteiger partial charge in [-0.3, -0.25) is 4.79 Å². The van der Waals surface area contributed by atoms with E-state index in [1.165, 1.54) is 11.3 Å². The first kappa shape index (κ1) is 9.08. The Morgan fingerprint density at radius 2 is 2.29 bits per heavy atom. The van der Waals surface area contributed by atoms with Crippen LogP contribution in [0.3, 0.4) is 0 Å². The van der Waals surface area contributed by atoms with E-state index in [-0.39, 0.29) is 5.56 Å². The van der Waals surface area contributed by atoms with Crippen LogP contribution in [0.4, 0.5) is 0 Å². The first-order valence-corrected chi connectivity index (χ1v) is 4.98. The number of aryl methyl sites for hydroxylation is 1. The fourth-order valence-electron chi connectivity index (χ4n) is 2.06. The zero-order valence-corrected chi connectivity index (χ0v) is 8.12. The van der Waals surface area contributed by atoms with Gasteiger partial charge in [-0.05, 0) is 24.8 Å². The van der Waals surface area contributed by atoms with E-state index in [9.17, 15) is 4.79 Å². The van der Waals surface area contributed by atoms with Crippen molar-refractivity contribution in [2.45, 2.75) is 32.2 Å². The predicted octanol–water partition coefficient (Wildman–Crippen LogP) is 1.36. The number of aromatic nitrogens is 1. The largest absolute Gasteiger partial charge is 0.311 e. The molecule has 0 radical (unpaired) electrons. The molecule has 2 heteroatoms. The summed E-state index contributed by atoms with van der Waals surface area (Å²) in [6.45, 7) is 0.665. The van der Waals surface area contributed by atoms with Crippen LogP contribution in [0, 0.1) is 12.3 Å². The molecule has 0 spiro atoms. The third kappa shape index (κ3) is 1.46. The van der Waals surface area contributed by atoms with E-state index < -0.39 is 0 Å². The van der Waals surface area contributed by atoms with Crippen molar-refractivity contribution >= 4 is 0 Å². The lowest BCUT2D eigenvalue weighted by Crippen LogP contribution is -2.22. The van der Waals surface area contributed by atoms with E-state index in [1.807, 2.05) is 10.6 Å². The molecule has 0 saturated carbocycles. The molecule has 14 heavy (non-hydrogen) atoms. The molecule has 1 aromatic heterocycles. The van der Waals surface area contributed by atoms with Crippen LogP contribution in [0.15, 0.2) is 16.9 Å². The Hall–Kier alpha value is -1.49. The van der Waals surface area contributed by atoms with Crippen molar-refractivity contribution in [1.82, 2.24) is 4.57 Å². The zero-order valence-electron chi connectivity index (χ0n) is 8.12. The number of hydrogen-bond acceptors (Lipinski definition) is 1. The van der Waals surface area contributed by atoms with Crippen molar-refractivity contribution in [1.29, 1.82) is 0 Å². The minimum absolute atomic E-state index is 0.0842. The lowest BCUT2D eigenvalue weighted by Gasteiger charge is -2.09. The quantitative estimate of drug-likeness (QED) is 0.641. The summed E-state index contributed by atoms with van der Waals surface area (Å²) in [6, 6.07) is 3.61. The SMILES string of the molecule is C#CCCn1c2c(ccc1=O)CCC2. The standard InChI is InChI=1S/C12H13NO/c1-2-3-9-13-11-6-4-5-10(11)7-8-12(13)14/h1,7-8H,3-6,9H2. The maximum Gasteiger partial charge on any atom is 0.250 e. The summed E-state index contributed by atoms with van der Waals surface area (Å²) in [5, 5.41) is 0. The smallest absolute Gasteiger partial charge is 0.250 e. The molecule has 0 aromatic carbocycles. The summed E-state index contributed by atoms with van der Waals surface area (Å²) in [6.07, 6.45) is 9.13. The second-order valence-corrected chi connectivity index (χ2v) is 3.60. The molecule has 1 heterocycles. The van der Waals surface area contributed by atoms with E-state index in [0.717, 1.165) is 19.3 Å². The summed E-state index contributed by atoms with van der Waals surface area (Å²) >= 11 is 0. The predicted molar refractivity (Wildman–Crippen MR) is 56.2 cm³/mol. The highest BCUT2D eigenvalue weighted by atomic mass is 16.1. The van der Waals surface area contributed by atoms with Crippen molar-refractivity contribution < 1.29 is 0 Å². The summed E-state index contributed by atoms with van der Waals surface area (Å²) in [4.78, 5) is 11.6. The van der Waals surface area contributed by atoms with Gasteiger partial charge in [-0.25, -0.2) is 0 Å². The molecule has 0 atom stereocenters. The summed E-state index contributed by atoms with van der Waals surface area (Å²) in [5.74, 6) is 2.57. The van der Waals surface area contributed by atoms with E-state index in [1.54, 1.807) is 6.07 Å². The molecule has 72 valence electrons. The molecule has 0 unspecified atom stereocenters. The number of nitrogens with zero attached hydrogens (tertiary/aromatic N) is 1. The summed E-state index contributed by atoms with van der Waals surface area (Å²) in [7, 11) is 0. The summed E-state index contributed by atoms with van der Waals surface area (Å²) < 4.78 is 1.84. The van der Waals surface area contributed by atoms with Gasteiger partial charge in [-0.1, -0.05) is 6.07 Å². The molecule has 0 bridgehead atoms. The molecule has 0 N–H and O–H groups in total. The second-order valence-electron chi connectivity index (χ2n) is 3.60. The monoisotopic (exact) mass is 187 g/mol. The first-order valence-electron chi connectivity index (χ1n) is 4.98. The van der Waals surface area contributed by atoms with Gasteiger partial charge < -0.3 is 4.57 Å². The van der Waals surface area contributed by atoms with Gasteiger partial charge in [0.25, 0.3) is 5.56 Å². The first-order chi connectivity index (χ1) is 6.83. The molecule has 0 amide bonds. The van der Waals surface area contributed by atoms with Crippen molar-refractivity contribution in [3.8, 4) is 12.3 Å². The molecule has 1 aliphatic carbocycles. The van der Waals surface area contributed by atoms with Gasteiger partial charge in [0, 0.05) is 24.7 Å². The Bertz CT molecular complexity index is 437. The molecule has 2 rings (SSSR count). The number of pyridine rings is 1. The van der Waals surface area contributed by atoms with Gasteiger partial charge in [-0.15, -0.1) is 12.3 Å². The fraction of sp³-hybridized carbons (Fsp3) is 0.417. The number of rotatable bonds is 2. The lowest BCUT2D eigenvalue weighted by atomic mass is 10.2. The fourth-order valence-corrected chi connectivity index (χ4v) is 2.06. The van der Waals surface area contributed by atoms with Crippen molar-refractivity contribution in [3.63, 3.8) is 0 Å². The minimum Gasteiger partial charge on any atom is -0.311 e. The highest BCUT2D eigenvalue weighted by molar-refractivity contribution is 5.25. The van der Waals surface area contributed by atoms with E-state index in [4.69, 9.17) is 6.42 Å². The Morgan fingerprint density at radius 1 is 1.43 bits per heavy atom. The Morgan fingerprint density at radius 3 is 3.07 bits per heavy atom. The number of terminal acetylenes is 1. The zero-order chi connectivity index (χ0) is 9.97. The maximum atomic E-state index is 11.6. The molecular formula is C12H13NO. The average molecular weight is 187 g/mol. The molecule has 1 aromatic rings. The topological polar surface area (TPSA) is 22.0 Å². The van der Waals surface area contributed by atoms with Gasteiger partial charge in [0.05, 0.1) is 0 Å². The lowest BCUT2D eigenvalue weighted by molar-refractivity contribution is 0.652. The van der Waals surface area contributed by atoms with Crippen LogP contribution >= 0.6 is 0 Å². The summed E-state index contributed by atoms with van der Waals surface area (Å²) in [5.41, 5.74) is 2.61. The molecule has 1 aliphatic rings. The van der Waals surface area contributed by atoms with E-state index in [2.05, 4.69) is 5.92 Å². The normalized spacial score (nSPS) is 13.6. The van der Waals surface area contributed by atoms with Gasteiger partial charge >= 0.3 is 0 Å². The number of hydrogen-bond donors (Lipinski definition) is 0. The molecule has 0 aliphatic heterocycles. The van der Waals surface area contributed by atoms with Gasteiger partial charge in [0.15, 0.2) is 0 Å². The Labute approximate surface area is 83.6 Å². The Balaban J connectivity index is 2.42. The van der Waals surface area contributed by atoms with Gasteiger partial charge in [-0.2, -0.15) is 0 Å². The van der Waals surface area contributed by atoms with Crippen molar-refractivity contribution in [2.24, 2.45) is 0 Å². The molecule has 2 nitrogen and oxygen atoms in total. The van der Waals surface area contributed by atoms with Gasteiger partial charge in [0.1, 0.15) is 0 Å².